The standard InChI is InChI=1S/C30H38N4O4S2/c1-20(35)34-11-9-30(10-12-34)17-22(28(37)33-30)16-24(27(36)26(18-31)40-13-5-6-14-40)32-29(38)23(25-19-39-25)15-21-7-3-2-4-8-21/h2-4,7-8,22-25H,5-6,9-17,19H2,1H3,(H,32,38)(H,33,37)/t22?,23-,24?,25?/m1/s1. The van der Waals surface area contributed by atoms with Crippen LogP contribution in [0.15, 0.2) is 30.3 Å². The molecule has 0 radical (unpaired) electrons. The van der Waals surface area contributed by atoms with E-state index in [4.69, 9.17) is 0 Å². The Morgan fingerprint density at radius 2 is 1.88 bits per heavy atom. The quantitative estimate of drug-likeness (QED) is 0.341. The summed E-state index contributed by atoms with van der Waals surface area (Å²) in [4.78, 5) is 54.7. The van der Waals surface area contributed by atoms with E-state index in [0.29, 0.717) is 38.8 Å². The average Bonchev–Trinajstić information content (AvgIpc) is 3.56. The molecular formula is C30H38N4O4S2. The number of amides is 3. The summed E-state index contributed by atoms with van der Waals surface area (Å²) in [6, 6.07) is 11.2. The summed E-state index contributed by atoms with van der Waals surface area (Å²) in [6.07, 6.45) is 4.70. The van der Waals surface area contributed by atoms with Crippen LogP contribution in [-0.2, 0) is 25.6 Å². The minimum atomic E-state index is -0.902. The zero-order valence-corrected chi connectivity index (χ0v) is 24.7. The first-order valence-electron chi connectivity index (χ1n) is 14.3. The van der Waals surface area contributed by atoms with Crippen LogP contribution in [0.25, 0.3) is 0 Å². The van der Waals surface area contributed by atoms with Crippen LogP contribution in [0.4, 0.5) is 0 Å². The lowest BCUT2D eigenvalue weighted by Gasteiger charge is -2.39. The Morgan fingerprint density at radius 3 is 2.48 bits per heavy atom. The smallest absolute Gasteiger partial charge is 0.225 e. The van der Waals surface area contributed by atoms with Crippen molar-refractivity contribution in [2.75, 3.05) is 30.3 Å². The molecule has 40 heavy (non-hydrogen) atoms. The lowest BCUT2D eigenvalue weighted by atomic mass is 9.81. The lowest BCUT2D eigenvalue weighted by molar-refractivity contribution is -0.130. The van der Waals surface area contributed by atoms with Gasteiger partial charge in [-0.05, 0) is 62.0 Å². The first kappa shape index (κ1) is 28.9. The van der Waals surface area contributed by atoms with Gasteiger partial charge in [-0.15, -0.1) is 0 Å². The molecule has 1 aromatic carbocycles. The Labute approximate surface area is 242 Å². The largest absolute Gasteiger partial charge is 0.350 e. The molecule has 0 saturated carbocycles. The van der Waals surface area contributed by atoms with Gasteiger partial charge in [-0.1, -0.05) is 30.3 Å². The Morgan fingerprint density at radius 1 is 1.20 bits per heavy atom. The maximum absolute atomic E-state index is 13.9. The van der Waals surface area contributed by atoms with Gasteiger partial charge >= 0.3 is 0 Å². The second-order valence-corrected chi connectivity index (χ2v) is 15.0. The molecule has 0 bridgehead atoms. The van der Waals surface area contributed by atoms with E-state index in [1.807, 2.05) is 30.3 Å². The van der Waals surface area contributed by atoms with Crippen molar-refractivity contribution < 1.29 is 19.2 Å². The number of hydrogen-bond acceptors (Lipinski definition) is 6. The molecular weight excluding hydrogens is 544 g/mol. The molecule has 4 saturated heterocycles. The van der Waals surface area contributed by atoms with Crippen LogP contribution in [-0.4, -0.2) is 80.4 Å². The van der Waals surface area contributed by atoms with Gasteiger partial charge in [-0.2, -0.15) is 27.5 Å². The SMILES string of the molecule is CC(=O)N1CCC2(CC1)CC(CC(NC(=O)[C@H](Cc1ccccc1)C1CS1)C(=O)C(C#N)=S1CCCC1)C(=O)N2. The van der Waals surface area contributed by atoms with Gasteiger partial charge in [0.05, 0.1) is 12.0 Å². The zero-order chi connectivity index (χ0) is 28.3. The van der Waals surface area contributed by atoms with Crippen LogP contribution in [0.3, 0.4) is 0 Å². The molecule has 4 heterocycles. The van der Waals surface area contributed by atoms with Crippen molar-refractivity contribution in [3.63, 3.8) is 0 Å². The normalized spacial score (nSPS) is 25.1. The van der Waals surface area contributed by atoms with Gasteiger partial charge in [0, 0.05) is 42.5 Å². The van der Waals surface area contributed by atoms with E-state index in [2.05, 4.69) is 16.7 Å². The van der Waals surface area contributed by atoms with Crippen molar-refractivity contribution in [1.29, 1.82) is 5.26 Å². The number of thioether (sulfide) groups is 1. The Kier molecular flexibility index (Phi) is 9.01. The van der Waals surface area contributed by atoms with Crippen LogP contribution in [0.5, 0.6) is 0 Å². The molecule has 1 spiro atoms. The predicted octanol–water partition coefficient (Wildman–Crippen LogP) is 2.68. The fourth-order valence-corrected chi connectivity index (χ4v) is 9.44. The van der Waals surface area contributed by atoms with Crippen molar-refractivity contribution in [1.82, 2.24) is 15.5 Å². The van der Waals surface area contributed by atoms with E-state index >= 15 is 0 Å². The monoisotopic (exact) mass is 582 g/mol. The lowest BCUT2D eigenvalue weighted by Crippen LogP contribution is -2.51. The number of benzene rings is 1. The molecule has 5 rings (SSSR count). The molecule has 3 unspecified atom stereocenters. The molecule has 2 N–H and O–H groups in total. The minimum absolute atomic E-state index is 0.0373. The maximum Gasteiger partial charge on any atom is 0.225 e. The highest BCUT2D eigenvalue weighted by Gasteiger charge is 2.48. The molecule has 0 aromatic heterocycles. The van der Waals surface area contributed by atoms with Gasteiger partial charge in [0.1, 0.15) is 10.9 Å². The number of nitrogens with one attached hydrogen (secondary N) is 2. The van der Waals surface area contributed by atoms with Crippen LogP contribution in [0.2, 0.25) is 0 Å². The Bertz CT molecular complexity index is 1220. The van der Waals surface area contributed by atoms with Crippen molar-refractivity contribution in [3.05, 3.63) is 35.9 Å². The molecule has 3 amide bonds. The molecule has 214 valence electrons. The molecule has 4 aliphatic rings. The number of Topliss-reactive ketones (excluding diaryl/α,β-unsaturated/α-hetero) is 1. The second-order valence-electron chi connectivity index (χ2n) is 11.6. The first-order valence-corrected chi connectivity index (χ1v) is 16.9. The number of likely N-dealkylation sites (tertiary alicyclic amines) is 1. The van der Waals surface area contributed by atoms with E-state index in [1.165, 1.54) is 0 Å². The predicted molar refractivity (Wildman–Crippen MR) is 159 cm³/mol. The summed E-state index contributed by atoms with van der Waals surface area (Å²) in [7, 11) is -0.388. The molecule has 4 fully saturated rings. The number of nitrogens with zero attached hydrogens (tertiary/aromatic N) is 2. The fraction of sp³-hybridized carbons (Fsp3) is 0.600. The average molecular weight is 583 g/mol. The van der Waals surface area contributed by atoms with E-state index in [9.17, 15) is 24.4 Å². The van der Waals surface area contributed by atoms with E-state index in [0.717, 1.165) is 35.7 Å². The third-order valence-corrected chi connectivity index (χ3v) is 12.3. The number of ketones is 1. The third kappa shape index (κ3) is 6.63. The number of hydrogen-bond donors (Lipinski definition) is 2. The number of carbonyl (C=O) groups is 4. The van der Waals surface area contributed by atoms with E-state index in [-0.39, 0.29) is 62.0 Å². The molecule has 4 atom stereocenters. The number of carbonyl (C=O) groups excluding carboxylic acids is 4. The van der Waals surface area contributed by atoms with E-state index in [1.54, 1.807) is 23.6 Å². The third-order valence-electron chi connectivity index (χ3n) is 8.80. The summed E-state index contributed by atoms with van der Waals surface area (Å²) in [5, 5.41) is 16.4. The van der Waals surface area contributed by atoms with Crippen LogP contribution in [0, 0.1) is 23.2 Å². The highest BCUT2D eigenvalue weighted by atomic mass is 32.2. The first-order chi connectivity index (χ1) is 19.3. The molecule has 10 heteroatoms. The van der Waals surface area contributed by atoms with Crippen LogP contribution < -0.4 is 10.6 Å². The van der Waals surface area contributed by atoms with Crippen LogP contribution in [0.1, 0.15) is 51.0 Å². The van der Waals surface area contributed by atoms with E-state index < -0.39 is 12.0 Å². The minimum Gasteiger partial charge on any atom is -0.350 e. The summed E-state index contributed by atoms with van der Waals surface area (Å²) in [5.41, 5.74) is 0.685. The van der Waals surface area contributed by atoms with Gasteiger partial charge in [-0.25, -0.2) is 0 Å². The summed E-state index contributed by atoms with van der Waals surface area (Å²) in [6.45, 7) is 2.75. The van der Waals surface area contributed by atoms with Gasteiger partial charge in [0.2, 0.25) is 23.5 Å². The number of piperidine rings is 1. The van der Waals surface area contributed by atoms with Gasteiger partial charge in [-0.3, -0.25) is 19.2 Å². The van der Waals surface area contributed by atoms with Gasteiger partial charge in [0.15, 0.2) is 0 Å². The Hall–Kier alpha value is -2.64. The summed E-state index contributed by atoms with van der Waals surface area (Å²) < 4.78 is 0. The topological polar surface area (TPSA) is 119 Å². The molecule has 4 aliphatic heterocycles. The Balaban J connectivity index is 1.34. The summed E-state index contributed by atoms with van der Waals surface area (Å²) >= 11 is 1.75. The maximum atomic E-state index is 13.9. The van der Waals surface area contributed by atoms with Gasteiger partial charge in [0.25, 0.3) is 0 Å². The van der Waals surface area contributed by atoms with Gasteiger partial charge < -0.3 is 15.5 Å². The molecule has 8 nitrogen and oxygen atoms in total. The summed E-state index contributed by atoms with van der Waals surface area (Å²) in [5.74, 6) is 1.31. The van der Waals surface area contributed by atoms with Crippen molar-refractivity contribution in [2.24, 2.45) is 11.8 Å². The number of rotatable bonds is 9. The van der Waals surface area contributed by atoms with Crippen molar-refractivity contribution >= 4 is 50.6 Å². The highest BCUT2D eigenvalue weighted by Crippen LogP contribution is 2.40. The number of nitriles is 1. The van der Waals surface area contributed by atoms with Crippen molar-refractivity contribution in [2.45, 2.75) is 68.7 Å². The van der Waals surface area contributed by atoms with Crippen molar-refractivity contribution in [3.8, 4) is 6.07 Å². The second kappa shape index (κ2) is 12.5. The molecule has 0 aliphatic carbocycles. The van der Waals surface area contributed by atoms with Crippen LogP contribution >= 0.6 is 22.2 Å². The molecule has 1 aromatic rings. The zero-order valence-electron chi connectivity index (χ0n) is 23.0. The fourth-order valence-electron chi connectivity index (χ4n) is 6.37. The highest BCUT2D eigenvalue weighted by molar-refractivity contribution is 8.17.